The lowest BCUT2D eigenvalue weighted by Gasteiger charge is -2.12. The summed E-state index contributed by atoms with van der Waals surface area (Å²) in [5.41, 5.74) is 4.09. The molecule has 74 valence electrons. The molecule has 5 nitrogen and oxygen atoms in total. The third kappa shape index (κ3) is 1.53. The molecule has 2 rings (SSSR count). The van der Waals surface area contributed by atoms with E-state index in [1.54, 1.807) is 6.33 Å². The molecule has 2 aromatic rings. The summed E-state index contributed by atoms with van der Waals surface area (Å²) in [7, 11) is 3.84. The fourth-order valence-electron chi connectivity index (χ4n) is 1.22. The SMILES string of the molecule is Cc1nsc2ncnc(NN(C)C)c12. The third-order valence-corrected chi connectivity index (χ3v) is 2.62. The summed E-state index contributed by atoms with van der Waals surface area (Å²) in [6.45, 7) is 1.96. The van der Waals surface area contributed by atoms with Gasteiger partial charge in [-0.25, -0.2) is 15.0 Å². The largest absolute Gasteiger partial charge is 0.303 e. The molecule has 0 aromatic carbocycles. The predicted octanol–water partition coefficient (Wildman–Crippen LogP) is 1.28. The van der Waals surface area contributed by atoms with Gasteiger partial charge >= 0.3 is 0 Å². The highest BCUT2D eigenvalue weighted by atomic mass is 32.1. The molecule has 0 bridgehead atoms. The van der Waals surface area contributed by atoms with E-state index in [9.17, 15) is 0 Å². The average molecular weight is 209 g/mol. The lowest BCUT2D eigenvalue weighted by Crippen LogP contribution is -2.20. The number of aromatic nitrogens is 3. The monoisotopic (exact) mass is 209 g/mol. The van der Waals surface area contributed by atoms with Crippen LogP contribution in [0.1, 0.15) is 5.69 Å². The minimum absolute atomic E-state index is 0.811. The zero-order valence-electron chi connectivity index (χ0n) is 8.27. The number of anilines is 1. The normalized spacial score (nSPS) is 11.1. The Morgan fingerprint density at radius 2 is 2.14 bits per heavy atom. The molecule has 0 aliphatic heterocycles. The molecule has 6 heteroatoms. The van der Waals surface area contributed by atoms with Crippen molar-refractivity contribution in [1.29, 1.82) is 0 Å². The second-order valence-electron chi connectivity index (χ2n) is 3.18. The van der Waals surface area contributed by atoms with Crippen molar-refractivity contribution >= 4 is 27.6 Å². The average Bonchev–Trinajstić information content (AvgIpc) is 2.48. The zero-order valence-corrected chi connectivity index (χ0v) is 9.09. The second-order valence-corrected chi connectivity index (χ2v) is 3.93. The number of fused-ring (bicyclic) bond motifs is 1. The van der Waals surface area contributed by atoms with Crippen LogP contribution in [0.5, 0.6) is 0 Å². The molecule has 0 amide bonds. The van der Waals surface area contributed by atoms with Crippen LogP contribution in [-0.4, -0.2) is 33.4 Å². The van der Waals surface area contributed by atoms with E-state index in [1.165, 1.54) is 11.5 Å². The van der Waals surface area contributed by atoms with Gasteiger partial charge in [-0.15, -0.1) is 0 Å². The number of rotatable bonds is 2. The molecule has 0 aliphatic carbocycles. The van der Waals surface area contributed by atoms with E-state index in [0.29, 0.717) is 0 Å². The Hall–Kier alpha value is -1.27. The van der Waals surface area contributed by atoms with Crippen LogP contribution in [0.15, 0.2) is 6.33 Å². The molecular weight excluding hydrogens is 198 g/mol. The minimum atomic E-state index is 0.811. The molecule has 0 saturated carbocycles. The highest BCUT2D eigenvalue weighted by Gasteiger charge is 2.09. The van der Waals surface area contributed by atoms with Crippen molar-refractivity contribution in [2.24, 2.45) is 0 Å². The molecular formula is C8H11N5S. The zero-order chi connectivity index (χ0) is 10.1. The highest BCUT2D eigenvalue weighted by Crippen LogP contribution is 2.25. The van der Waals surface area contributed by atoms with E-state index in [2.05, 4.69) is 19.8 Å². The molecule has 14 heavy (non-hydrogen) atoms. The van der Waals surface area contributed by atoms with Gasteiger partial charge in [-0.2, -0.15) is 4.37 Å². The van der Waals surface area contributed by atoms with Crippen LogP contribution in [0, 0.1) is 6.92 Å². The van der Waals surface area contributed by atoms with E-state index in [0.717, 1.165) is 21.7 Å². The van der Waals surface area contributed by atoms with Gasteiger partial charge in [0.05, 0.1) is 11.1 Å². The van der Waals surface area contributed by atoms with Crippen molar-refractivity contribution in [2.45, 2.75) is 6.92 Å². The van der Waals surface area contributed by atoms with E-state index in [-0.39, 0.29) is 0 Å². The lowest BCUT2D eigenvalue weighted by atomic mass is 10.3. The summed E-state index contributed by atoms with van der Waals surface area (Å²) < 4.78 is 4.24. The first-order chi connectivity index (χ1) is 6.68. The predicted molar refractivity (Wildman–Crippen MR) is 57.3 cm³/mol. The van der Waals surface area contributed by atoms with Gasteiger partial charge in [-0.05, 0) is 18.5 Å². The summed E-state index contributed by atoms with van der Waals surface area (Å²) in [5, 5.41) is 2.85. The number of hydrazine groups is 1. The Labute approximate surface area is 85.9 Å². The highest BCUT2D eigenvalue weighted by molar-refractivity contribution is 7.13. The van der Waals surface area contributed by atoms with Crippen molar-refractivity contribution in [3.05, 3.63) is 12.0 Å². The van der Waals surface area contributed by atoms with Crippen molar-refractivity contribution in [1.82, 2.24) is 19.4 Å². The van der Waals surface area contributed by atoms with Gasteiger partial charge in [-0.3, -0.25) is 0 Å². The molecule has 0 saturated heterocycles. The maximum atomic E-state index is 4.24. The Morgan fingerprint density at radius 1 is 1.36 bits per heavy atom. The number of nitrogens with one attached hydrogen (secondary N) is 1. The number of hydrogen-bond donors (Lipinski definition) is 1. The van der Waals surface area contributed by atoms with Gasteiger partial charge in [0.1, 0.15) is 11.2 Å². The van der Waals surface area contributed by atoms with Crippen LogP contribution < -0.4 is 5.43 Å². The van der Waals surface area contributed by atoms with Crippen molar-refractivity contribution in [3.8, 4) is 0 Å². The smallest absolute Gasteiger partial charge is 0.154 e. The van der Waals surface area contributed by atoms with Crippen molar-refractivity contribution < 1.29 is 0 Å². The van der Waals surface area contributed by atoms with Crippen LogP contribution >= 0.6 is 11.5 Å². The summed E-state index contributed by atoms with van der Waals surface area (Å²) in [6.07, 6.45) is 1.55. The first-order valence-corrected chi connectivity index (χ1v) is 4.97. The maximum absolute atomic E-state index is 4.24. The first-order valence-electron chi connectivity index (χ1n) is 4.19. The molecule has 0 atom stereocenters. The molecule has 0 spiro atoms. The minimum Gasteiger partial charge on any atom is -0.303 e. The number of hydrogen-bond acceptors (Lipinski definition) is 6. The van der Waals surface area contributed by atoms with Gasteiger partial charge in [0, 0.05) is 14.1 Å². The van der Waals surface area contributed by atoms with Gasteiger partial charge in [0.25, 0.3) is 0 Å². The molecule has 0 aliphatic rings. The molecule has 2 heterocycles. The summed E-state index contributed by atoms with van der Waals surface area (Å²) in [4.78, 5) is 9.26. The van der Waals surface area contributed by atoms with Crippen LogP contribution in [0.4, 0.5) is 5.82 Å². The van der Waals surface area contributed by atoms with Crippen LogP contribution in [0.25, 0.3) is 10.2 Å². The van der Waals surface area contributed by atoms with Gasteiger partial charge in [0.15, 0.2) is 5.82 Å². The molecule has 0 unspecified atom stereocenters. The molecule has 0 fully saturated rings. The van der Waals surface area contributed by atoms with Crippen LogP contribution in [0.2, 0.25) is 0 Å². The fraction of sp³-hybridized carbons (Fsp3) is 0.375. The van der Waals surface area contributed by atoms with E-state index >= 15 is 0 Å². The molecule has 1 N–H and O–H groups in total. The lowest BCUT2D eigenvalue weighted by molar-refractivity contribution is 0.493. The number of nitrogens with zero attached hydrogens (tertiary/aromatic N) is 4. The topological polar surface area (TPSA) is 53.9 Å². The fourth-order valence-corrected chi connectivity index (χ4v) is 1.96. The quantitative estimate of drug-likeness (QED) is 0.755. The molecule has 0 radical (unpaired) electrons. The summed E-state index contributed by atoms with van der Waals surface area (Å²) in [5.74, 6) is 0.811. The standard InChI is InChI=1S/C8H11N5S/c1-5-6-7(11-13(2)3)9-4-10-8(6)14-12-5/h4H,1-3H3,(H,9,10,11). The second kappa shape index (κ2) is 3.47. The van der Waals surface area contributed by atoms with Crippen LogP contribution in [-0.2, 0) is 0 Å². The van der Waals surface area contributed by atoms with Crippen molar-refractivity contribution in [3.63, 3.8) is 0 Å². The number of aryl methyl sites for hydroxylation is 1. The van der Waals surface area contributed by atoms with Crippen molar-refractivity contribution in [2.75, 3.05) is 19.5 Å². The van der Waals surface area contributed by atoms with E-state index < -0.39 is 0 Å². The Bertz CT molecular complexity index is 450. The van der Waals surface area contributed by atoms with Gasteiger partial charge in [-0.1, -0.05) is 0 Å². The molecule has 2 aromatic heterocycles. The first kappa shape index (κ1) is 9.29. The van der Waals surface area contributed by atoms with Crippen LogP contribution in [0.3, 0.4) is 0 Å². The van der Waals surface area contributed by atoms with E-state index in [4.69, 9.17) is 0 Å². The Kier molecular flexibility index (Phi) is 2.30. The van der Waals surface area contributed by atoms with Gasteiger partial charge < -0.3 is 5.43 Å². The van der Waals surface area contributed by atoms with Gasteiger partial charge in [0.2, 0.25) is 0 Å². The third-order valence-electron chi connectivity index (χ3n) is 1.77. The Morgan fingerprint density at radius 3 is 2.86 bits per heavy atom. The summed E-state index contributed by atoms with van der Waals surface area (Å²) in [6, 6.07) is 0. The maximum Gasteiger partial charge on any atom is 0.154 e. The Balaban J connectivity index is 2.57. The summed E-state index contributed by atoms with van der Waals surface area (Å²) >= 11 is 1.40. The van der Waals surface area contributed by atoms with E-state index in [1.807, 2.05) is 26.0 Å².